The number of aliphatic hydroxyl groups is 1. The molecule has 0 saturated heterocycles. The minimum atomic E-state index is -3.75. The van der Waals surface area contributed by atoms with Gasteiger partial charge in [0.25, 0.3) is 11.8 Å². The molecule has 0 bridgehead atoms. The number of hydrogen-bond acceptors (Lipinski definition) is 8. The summed E-state index contributed by atoms with van der Waals surface area (Å²) in [6.45, 7) is 5.51. The van der Waals surface area contributed by atoms with E-state index in [1.54, 1.807) is 0 Å². The van der Waals surface area contributed by atoms with Gasteiger partial charge < -0.3 is 31.1 Å². The molecule has 5 N–H and O–H groups in total. The van der Waals surface area contributed by atoms with E-state index in [0.29, 0.717) is 6.54 Å². The van der Waals surface area contributed by atoms with Crippen molar-refractivity contribution < 1.29 is 32.6 Å². The molecule has 288 valence electrons. The normalized spacial score (nSPS) is 13.7. The lowest BCUT2D eigenvalue weighted by Crippen LogP contribution is -2.57. The zero-order valence-electron chi connectivity index (χ0n) is 31.4. The van der Waals surface area contributed by atoms with Crippen LogP contribution in [0.5, 0.6) is 0 Å². The molecule has 0 spiro atoms. The molecule has 0 aliphatic carbocycles. The van der Waals surface area contributed by atoms with Crippen LogP contribution < -0.4 is 25.6 Å². The number of anilines is 1. The lowest BCUT2D eigenvalue weighted by atomic mass is 9.99. The van der Waals surface area contributed by atoms with Crippen LogP contribution in [0.15, 0.2) is 109 Å². The number of sulfonamides is 1. The second kappa shape index (κ2) is 19.3. The van der Waals surface area contributed by atoms with Gasteiger partial charge in [0.1, 0.15) is 5.60 Å². The van der Waals surface area contributed by atoms with E-state index < -0.39 is 33.5 Å². The van der Waals surface area contributed by atoms with E-state index >= 15 is 0 Å². The highest BCUT2D eigenvalue weighted by atomic mass is 32.2. The van der Waals surface area contributed by atoms with Gasteiger partial charge in [-0.05, 0) is 47.7 Å². The van der Waals surface area contributed by atoms with Crippen molar-refractivity contribution >= 4 is 33.4 Å². The Morgan fingerprint density at radius 3 is 1.91 bits per heavy atom. The highest BCUT2D eigenvalue weighted by molar-refractivity contribution is 7.92. The number of carbonyl (C=O) groups is 3. The maximum atomic E-state index is 13.8. The van der Waals surface area contributed by atoms with Gasteiger partial charge in [0.2, 0.25) is 15.9 Å². The number of ether oxygens (including phenoxy) is 1. The summed E-state index contributed by atoms with van der Waals surface area (Å²) in [5.74, 6) is -1.56. The van der Waals surface area contributed by atoms with Crippen LogP contribution in [0.3, 0.4) is 0 Å². The monoisotopic (exact) mass is 757 g/mol. The van der Waals surface area contributed by atoms with Crippen molar-refractivity contribution in [3.63, 3.8) is 0 Å². The number of carbonyl (C=O) groups excluding carboxylic acids is 3. The summed E-state index contributed by atoms with van der Waals surface area (Å²) in [4.78, 5) is 40.5. The van der Waals surface area contributed by atoms with Gasteiger partial charge in [-0.25, -0.2) is 8.42 Å². The van der Waals surface area contributed by atoms with E-state index in [1.807, 2.05) is 112 Å². The number of amides is 3. The highest BCUT2D eigenvalue weighted by Crippen LogP contribution is 2.22. The first-order chi connectivity index (χ1) is 25.6. The number of rotatable bonds is 19. The van der Waals surface area contributed by atoms with E-state index in [4.69, 9.17) is 4.74 Å². The average molecular weight is 758 g/mol. The molecule has 3 atom stereocenters. The summed E-state index contributed by atoms with van der Waals surface area (Å²) in [5.41, 5.74) is 1.18. The molecule has 13 heteroatoms. The number of nitrogens with zero attached hydrogens (tertiary/aromatic N) is 1. The van der Waals surface area contributed by atoms with Crippen LogP contribution >= 0.6 is 0 Å². The minimum absolute atomic E-state index is 0.00127. The third-order valence-electron chi connectivity index (χ3n) is 8.92. The van der Waals surface area contributed by atoms with Gasteiger partial charge in [-0.2, -0.15) is 0 Å². The molecule has 0 radical (unpaired) electrons. The van der Waals surface area contributed by atoms with Crippen LogP contribution in [0.2, 0.25) is 0 Å². The Bertz CT molecular complexity index is 1950. The molecular weight excluding hydrogens is 707 g/mol. The summed E-state index contributed by atoms with van der Waals surface area (Å²) in [5, 5.41) is 23.7. The molecule has 0 aromatic heterocycles. The summed E-state index contributed by atoms with van der Waals surface area (Å²) in [7, 11) is -2.42. The van der Waals surface area contributed by atoms with E-state index in [9.17, 15) is 27.9 Å². The summed E-state index contributed by atoms with van der Waals surface area (Å²) < 4.78 is 31.9. The van der Waals surface area contributed by atoms with E-state index in [1.165, 1.54) is 25.2 Å². The quantitative estimate of drug-likeness (QED) is 0.0951. The Morgan fingerprint density at radius 2 is 1.33 bits per heavy atom. The largest absolute Gasteiger partial charge is 0.384 e. The van der Waals surface area contributed by atoms with E-state index in [2.05, 4.69) is 21.3 Å². The van der Waals surface area contributed by atoms with Crippen molar-refractivity contribution in [2.45, 2.75) is 51.6 Å². The first-order valence-electron chi connectivity index (χ1n) is 17.8. The third kappa shape index (κ3) is 12.5. The second-order valence-electron chi connectivity index (χ2n) is 13.8. The van der Waals surface area contributed by atoms with Gasteiger partial charge in [-0.15, -0.1) is 0 Å². The molecule has 4 aromatic rings. The summed E-state index contributed by atoms with van der Waals surface area (Å²) in [6.07, 6.45) is 1.02. The third-order valence-corrected chi connectivity index (χ3v) is 10.1. The van der Waals surface area contributed by atoms with Crippen molar-refractivity contribution in [3.8, 4) is 0 Å². The molecule has 0 fully saturated rings. The van der Waals surface area contributed by atoms with Gasteiger partial charge in [0.05, 0.1) is 43.8 Å². The Balaban J connectivity index is 1.54. The first-order valence-corrected chi connectivity index (χ1v) is 19.6. The average Bonchev–Trinajstić information content (AvgIpc) is 3.16. The molecule has 0 aliphatic rings. The van der Waals surface area contributed by atoms with Gasteiger partial charge in [0.15, 0.2) is 0 Å². The van der Waals surface area contributed by atoms with Crippen molar-refractivity contribution in [3.05, 3.63) is 137 Å². The molecule has 3 amide bonds. The number of nitrogens with one attached hydrogen (secondary N) is 4. The Morgan fingerprint density at radius 1 is 0.778 bits per heavy atom. The molecule has 0 saturated carbocycles. The van der Waals surface area contributed by atoms with Crippen molar-refractivity contribution in [1.82, 2.24) is 21.3 Å². The Hall–Kier alpha value is -5.08. The van der Waals surface area contributed by atoms with Crippen LogP contribution in [0.1, 0.15) is 64.2 Å². The molecular formula is C41H51N5O7S. The fraction of sp³-hybridized carbons (Fsp3) is 0.341. The molecule has 12 nitrogen and oxygen atoms in total. The molecule has 0 heterocycles. The van der Waals surface area contributed by atoms with Crippen LogP contribution in [0.25, 0.3) is 0 Å². The van der Waals surface area contributed by atoms with Crippen LogP contribution in [-0.2, 0) is 32.7 Å². The van der Waals surface area contributed by atoms with Crippen molar-refractivity contribution in [2.75, 3.05) is 37.3 Å². The topological polar surface area (TPSA) is 166 Å². The number of hydrogen-bond donors (Lipinski definition) is 5. The van der Waals surface area contributed by atoms with Crippen LogP contribution in [0, 0.1) is 5.92 Å². The van der Waals surface area contributed by atoms with Gasteiger partial charge in [0, 0.05) is 31.3 Å². The molecule has 1 unspecified atom stereocenters. The fourth-order valence-electron chi connectivity index (χ4n) is 5.62. The van der Waals surface area contributed by atoms with Crippen LogP contribution in [0.4, 0.5) is 5.69 Å². The summed E-state index contributed by atoms with van der Waals surface area (Å²) in [6, 6.07) is 31.3. The van der Waals surface area contributed by atoms with Gasteiger partial charge in [-0.3, -0.25) is 18.7 Å². The maximum absolute atomic E-state index is 13.8. The molecule has 4 rings (SSSR count). The van der Waals surface area contributed by atoms with E-state index in [0.717, 1.165) is 27.3 Å². The van der Waals surface area contributed by atoms with E-state index in [-0.39, 0.29) is 61.0 Å². The van der Waals surface area contributed by atoms with Crippen molar-refractivity contribution in [1.29, 1.82) is 0 Å². The van der Waals surface area contributed by atoms with Gasteiger partial charge >= 0.3 is 0 Å². The Kier molecular flexibility index (Phi) is 14.9. The summed E-state index contributed by atoms with van der Waals surface area (Å²) >= 11 is 0. The SMILES string of the molecule is CC(C)[C@H](NCC(O)(CNC(=O)c1cc(C(=O)N[C@H](C)c2ccccc2)cc(N(C)S(C)(=O)=O)c1)COCc1ccccc1)C(=O)NCc1ccccc1. The zero-order valence-corrected chi connectivity index (χ0v) is 32.2. The minimum Gasteiger partial charge on any atom is -0.384 e. The Labute approximate surface area is 318 Å². The molecule has 4 aromatic carbocycles. The molecule has 0 aliphatic heterocycles. The number of benzene rings is 4. The predicted octanol–water partition coefficient (Wildman–Crippen LogP) is 4.18. The molecule has 54 heavy (non-hydrogen) atoms. The van der Waals surface area contributed by atoms with Crippen LogP contribution in [-0.4, -0.2) is 75.9 Å². The fourth-order valence-corrected chi connectivity index (χ4v) is 6.11. The van der Waals surface area contributed by atoms with Gasteiger partial charge in [-0.1, -0.05) is 105 Å². The zero-order chi connectivity index (χ0) is 39.3. The standard InChI is InChI=1S/C41H51N5O7S/c1-29(2)37(40(49)42-24-31-15-9-6-10-16-31)43-26-41(50,28-53-25-32-17-11-7-12-18-32)27-44-38(47)34-21-35(23-36(22-34)46(4)54(5,51)52)39(48)45-30(3)33-19-13-8-14-20-33/h6-23,29-30,37,43,50H,24-28H2,1-5H3,(H,42,49)(H,44,47)(H,45,48)/t30-,37+,41?/m1/s1. The smallest absolute Gasteiger partial charge is 0.251 e. The second-order valence-corrected chi connectivity index (χ2v) is 15.8. The lowest BCUT2D eigenvalue weighted by molar-refractivity contribution is -0.125. The first kappa shape index (κ1) is 41.7. The van der Waals surface area contributed by atoms with Crippen molar-refractivity contribution in [2.24, 2.45) is 5.92 Å². The maximum Gasteiger partial charge on any atom is 0.251 e. The highest BCUT2D eigenvalue weighted by Gasteiger charge is 2.32. The lowest BCUT2D eigenvalue weighted by Gasteiger charge is -2.32. The predicted molar refractivity (Wildman–Crippen MR) is 210 cm³/mol.